The van der Waals surface area contributed by atoms with Crippen molar-refractivity contribution in [2.24, 2.45) is 0 Å². The van der Waals surface area contributed by atoms with Crippen LogP contribution in [0.4, 0.5) is 0 Å². The summed E-state index contributed by atoms with van der Waals surface area (Å²) in [5.74, 6) is -0.382. The smallest absolute Gasteiger partial charge is 0.224 e. The van der Waals surface area contributed by atoms with E-state index in [2.05, 4.69) is 0 Å². The second-order valence-corrected chi connectivity index (χ2v) is 7.11. The Bertz CT molecular complexity index is 645. The average Bonchev–Trinajstić information content (AvgIpc) is 3.08. The second-order valence-electron chi connectivity index (χ2n) is 7.11. The molecule has 2 amide bonds. The molecule has 0 atom stereocenters. The van der Waals surface area contributed by atoms with Gasteiger partial charge in [-0.25, -0.2) is 0 Å². The first-order valence-electron chi connectivity index (χ1n) is 9.35. The molecule has 142 valence electrons. The number of ether oxygens (including phenoxy) is 2. The summed E-state index contributed by atoms with van der Waals surface area (Å²) in [7, 11) is 0. The molecule has 3 rings (SSSR count). The van der Waals surface area contributed by atoms with Crippen molar-refractivity contribution >= 4 is 11.8 Å². The van der Waals surface area contributed by atoms with Crippen molar-refractivity contribution < 1.29 is 19.1 Å². The number of benzene rings is 1. The van der Waals surface area contributed by atoms with Gasteiger partial charge in [-0.2, -0.15) is 0 Å². The molecule has 2 saturated heterocycles. The minimum absolute atomic E-state index is 0.00796. The van der Waals surface area contributed by atoms with Crippen LogP contribution in [-0.2, 0) is 25.6 Å². The lowest BCUT2D eigenvalue weighted by molar-refractivity contribution is -0.187. The van der Waals surface area contributed by atoms with Crippen LogP contribution >= 0.6 is 0 Å². The molecule has 0 bridgehead atoms. The number of amides is 2. The van der Waals surface area contributed by atoms with Crippen LogP contribution in [0.5, 0.6) is 0 Å². The van der Waals surface area contributed by atoms with Gasteiger partial charge in [-0.05, 0) is 18.1 Å². The zero-order valence-corrected chi connectivity index (χ0v) is 15.7. The molecule has 0 N–H and O–H groups in total. The molecular weight excluding hydrogens is 332 g/mol. The van der Waals surface area contributed by atoms with E-state index in [1.54, 1.807) is 11.8 Å². The first kappa shape index (κ1) is 18.9. The lowest BCUT2D eigenvalue weighted by Crippen LogP contribution is -2.47. The summed E-state index contributed by atoms with van der Waals surface area (Å²) in [5.41, 5.74) is 2.27. The Kier molecular flexibility index (Phi) is 5.94. The molecule has 0 unspecified atom stereocenters. The zero-order valence-electron chi connectivity index (χ0n) is 15.7. The Labute approximate surface area is 155 Å². The minimum atomic E-state index is -0.465. The van der Waals surface area contributed by atoms with E-state index < -0.39 is 5.79 Å². The molecule has 2 fully saturated rings. The lowest BCUT2D eigenvalue weighted by Gasteiger charge is -2.37. The maximum absolute atomic E-state index is 12.6. The van der Waals surface area contributed by atoms with Gasteiger partial charge in [0.15, 0.2) is 5.79 Å². The zero-order chi connectivity index (χ0) is 18.6. The number of aryl methyl sites for hydroxylation is 1. The third-order valence-corrected chi connectivity index (χ3v) is 5.35. The van der Waals surface area contributed by atoms with Crippen molar-refractivity contribution in [1.29, 1.82) is 0 Å². The fourth-order valence-electron chi connectivity index (χ4n) is 3.61. The standard InChI is InChI=1S/C20H28N2O4/c1-16-5-3-4-6-18(16)15-22(17(2)23)10-7-19(24)21-11-8-20(9-12-21)25-13-14-26-20/h3-6H,7-15H2,1-2H3. The molecule has 6 nitrogen and oxygen atoms in total. The quantitative estimate of drug-likeness (QED) is 0.807. The number of carbonyl (C=O) groups is 2. The summed E-state index contributed by atoms with van der Waals surface area (Å²) >= 11 is 0. The number of hydrogen-bond acceptors (Lipinski definition) is 4. The van der Waals surface area contributed by atoms with Crippen molar-refractivity contribution in [3.8, 4) is 0 Å². The Morgan fingerprint density at radius 2 is 1.81 bits per heavy atom. The summed E-state index contributed by atoms with van der Waals surface area (Å²) < 4.78 is 11.4. The van der Waals surface area contributed by atoms with E-state index in [4.69, 9.17) is 9.47 Å². The highest BCUT2D eigenvalue weighted by molar-refractivity contribution is 5.78. The van der Waals surface area contributed by atoms with Gasteiger partial charge in [0.2, 0.25) is 11.8 Å². The number of likely N-dealkylation sites (tertiary alicyclic amines) is 1. The number of piperidine rings is 1. The van der Waals surface area contributed by atoms with Crippen LogP contribution in [0.3, 0.4) is 0 Å². The van der Waals surface area contributed by atoms with Gasteiger partial charge in [0.05, 0.1) is 13.2 Å². The highest BCUT2D eigenvalue weighted by Gasteiger charge is 2.40. The molecule has 1 aromatic carbocycles. The van der Waals surface area contributed by atoms with Crippen LogP contribution in [-0.4, -0.2) is 60.2 Å². The van der Waals surface area contributed by atoms with Crippen molar-refractivity contribution in [1.82, 2.24) is 9.80 Å². The van der Waals surface area contributed by atoms with Gasteiger partial charge in [-0.15, -0.1) is 0 Å². The van der Waals surface area contributed by atoms with Crippen LogP contribution in [0.15, 0.2) is 24.3 Å². The van der Waals surface area contributed by atoms with E-state index in [0.717, 1.165) is 24.0 Å². The molecule has 26 heavy (non-hydrogen) atoms. The highest BCUT2D eigenvalue weighted by atomic mass is 16.7. The van der Waals surface area contributed by atoms with Gasteiger partial charge in [-0.1, -0.05) is 24.3 Å². The third-order valence-electron chi connectivity index (χ3n) is 5.35. The van der Waals surface area contributed by atoms with Gasteiger partial charge < -0.3 is 19.3 Å². The van der Waals surface area contributed by atoms with Crippen LogP contribution in [0, 0.1) is 6.92 Å². The predicted molar refractivity (Wildman–Crippen MR) is 97.3 cm³/mol. The van der Waals surface area contributed by atoms with E-state index in [-0.39, 0.29) is 11.8 Å². The van der Waals surface area contributed by atoms with Crippen molar-refractivity contribution in [2.75, 3.05) is 32.8 Å². The molecule has 0 aliphatic carbocycles. The molecule has 1 spiro atoms. The molecule has 6 heteroatoms. The van der Waals surface area contributed by atoms with E-state index in [0.29, 0.717) is 45.8 Å². The number of nitrogens with zero attached hydrogens (tertiary/aromatic N) is 2. The maximum atomic E-state index is 12.6. The molecule has 2 heterocycles. The van der Waals surface area contributed by atoms with E-state index in [1.165, 1.54) is 0 Å². The third kappa shape index (κ3) is 4.43. The van der Waals surface area contributed by atoms with Gasteiger partial charge in [0.25, 0.3) is 0 Å². The van der Waals surface area contributed by atoms with Gasteiger partial charge in [0.1, 0.15) is 0 Å². The van der Waals surface area contributed by atoms with E-state index in [1.807, 2.05) is 36.1 Å². The molecule has 1 aromatic rings. The molecule has 0 aromatic heterocycles. The fourth-order valence-corrected chi connectivity index (χ4v) is 3.61. The molecule has 0 saturated carbocycles. The number of carbonyl (C=O) groups excluding carboxylic acids is 2. The molecule has 0 radical (unpaired) electrons. The molecular formula is C20H28N2O4. The topological polar surface area (TPSA) is 59.1 Å². The van der Waals surface area contributed by atoms with Crippen LogP contribution < -0.4 is 0 Å². The van der Waals surface area contributed by atoms with Crippen molar-refractivity contribution in [2.45, 2.75) is 45.4 Å². The van der Waals surface area contributed by atoms with E-state index >= 15 is 0 Å². The Hall–Kier alpha value is -1.92. The fraction of sp³-hybridized carbons (Fsp3) is 0.600. The summed E-state index contributed by atoms with van der Waals surface area (Å²) in [6.07, 6.45) is 1.79. The van der Waals surface area contributed by atoms with Crippen LogP contribution in [0.25, 0.3) is 0 Å². The second kappa shape index (κ2) is 8.18. The van der Waals surface area contributed by atoms with Gasteiger partial charge in [-0.3, -0.25) is 9.59 Å². The lowest BCUT2D eigenvalue weighted by atomic mass is 10.0. The molecule has 2 aliphatic heterocycles. The van der Waals surface area contributed by atoms with Gasteiger partial charge >= 0.3 is 0 Å². The molecule has 2 aliphatic rings. The van der Waals surface area contributed by atoms with Crippen LogP contribution in [0.1, 0.15) is 37.3 Å². The minimum Gasteiger partial charge on any atom is -0.347 e. The number of hydrogen-bond donors (Lipinski definition) is 0. The van der Waals surface area contributed by atoms with Crippen molar-refractivity contribution in [3.05, 3.63) is 35.4 Å². The first-order chi connectivity index (χ1) is 12.5. The first-order valence-corrected chi connectivity index (χ1v) is 9.35. The summed E-state index contributed by atoms with van der Waals surface area (Å²) in [6.45, 7) is 7.16. The van der Waals surface area contributed by atoms with Crippen LogP contribution in [0.2, 0.25) is 0 Å². The number of rotatable bonds is 5. The maximum Gasteiger partial charge on any atom is 0.224 e. The largest absolute Gasteiger partial charge is 0.347 e. The SMILES string of the molecule is CC(=O)N(CCC(=O)N1CCC2(CC1)OCCO2)Cc1ccccc1C. The Morgan fingerprint density at radius 3 is 2.42 bits per heavy atom. The summed E-state index contributed by atoms with van der Waals surface area (Å²) in [6, 6.07) is 8.03. The normalized spacial score (nSPS) is 18.9. The summed E-state index contributed by atoms with van der Waals surface area (Å²) in [5, 5.41) is 0. The van der Waals surface area contributed by atoms with Crippen molar-refractivity contribution in [3.63, 3.8) is 0 Å². The predicted octanol–water partition coefficient (Wildman–Crippen LogP) is 2.10. The van der Waals surface area contributed by atoms with E-state index in [9.17, 15) is 9.59 Å². The average molecular weight is 360 g/mol. The summed E-state index contributed by atoms with van der Waals surface area (Å²) in [4.78, 5) is 28.1. The van der Waals surface area contributed by atoms with Gasteiger partial charge in [0, 0.05) is 52.4 Å². The Balaban J connectivity index is 1.50. The Morgan fingerprint density at radius 1 is 1.15 bits per heavy atom. The highest BCUT2D eigenvalue weighted by Crippen LogP contribution is 2.31. The monoisotopic (exact) mass is 360 g/mol.